The molecule has 0 saturated carbocycles. The molecule has 1 unspecified atom stereocenters. The predicted octanol–water partition coefficient (Wildman–Crippen LogP) is 3.89. The minimum Gasteiger partial charge on any atom is -0.338 e. The van der Waals surface area contributed by atoms with Gasteiger partial charge in [-0.2, -0.15) is 4.98 Å². The Morgan fingerprint density at radius 1 is 1.47 bits per heavy atom. The van der Waals surface area contributed by atoms with Crippen molar-refractivity contribution in [3.8, 4) is 11.4 Å². The zero-order valence-electron chi connectivity index (χ0n) is 11.1. The maximum Gasteiger partial charge on any atom is 0.237 e. The van der Waals surface area contributed by atoms with Crippen LogP contribution in [-0.2, 0) is 4.79 Å². The van der Waals surface area contributed by atoms with Crippen LogP contribution in [0.25, 0.3) is 11.4 Å². The quantitative estimate of drug-likeness (QED) is 0.856. The first-order valence-electron chi connectivity index (χ1n) is 6.13. The molecule has 2 rings (SSSR count). The van der Waals surface area contributed by atoms with Gasteiger partial charge in [-0.1, -0.05) is 34.1 Å². The van der Waals surface area contributed by atoms with Crippen LogP contribution in [0, 0.1) is 6.92 Å². The molecule has 0 N–H and O–H groups in total. The predicted molar refractivity (Wildman–Crippen MR) is 75.9 cm³/mol. The van der Waals surface area contributed by atoms with Gasteiger partial charge in [-0.3, -0.25) is 4.79 Å². The van der Waals surface area contributed by atoms with E-state index in [2.05, 4.69) is 26.1 Å². The topological polar surface area (TPSA) is 56.0 Å². The van der Waals surface area contributed by atoms with Gasteiger partial charge in [-0.25, -0.2) is 0 Å². The fourth-order valence-electron chi connectivity index (χ4n) is 1.92. The Labute approximate surface area is 120 Å². The fourth-order valence-corrected chi connectivity index (χ4v) is 2.59. The van der Waals surface area contributed by atoms with Gasteiger partial charge in [-0.15, -0.1) is 0 Å². The third-order valence-electron chi connectivity index (χ3n) is 3.00. The number of benzene rings is 1. The average molecular weight is 323 g/mol. The molecule has 4 nitrogen and oxygen atoms in total. The highest BCUT2D eigenvalue weighted by Crippen LogP contribution is 2.28. The highest BCUT2D eigenvalue weighted by atomic mass is 79.9. The minimum atomic E-state index is -0.314. The average Bonchev–Trinajstić information content (AvgIpc) is 2.78. The first kappa shape index (κ1) is 13.9. The SMILES string of the molecule is CCC(C(C)=O)c1nc(-c2ccc(C)cc2Br)no1. The van der Waals surface area contributed by atoms with E-state index in [4.69, 9.17) is 4.52 Å². The summed E-state index contributed by atoms with van der Waals surface area (Å²) in [6, 6.07) is 5.91. The van der Waals surface area contributed by atoms with Crippen LogP contribution in [0.3, 0.4) is 0 Å². The first-order valence-corrected chi connectivity index (χ1v) is 6.92. The lowest BCUT2D eigenvalue weighted by Gasteiger charge is -2.03. The van der Waals surface area contributed by atoms with Crippen LogP contribution in [0.4, 0.5) is 0 Å². The van der Waals surface area contributed by atoms with E-state index in [0.717, 1.165) is 15.6 Å². The molecule has 1 aromatic heterocycles. The second-order valence-electron chi connectivity index (χ2n) is 4.51. The summed E-state index contributed by atoms with van der Waals surface area (Å²) in [4.78, 5) is 15.8. The molecule has 0 fully saturated rings. The molecular weight excluding hydrogens is 308 g/mol. The Bertz CT molecular complexity index is 607. The summed E-state index contributed by atoms with van der Waals surface area (Å²) < 4.78 is 6.13. The van der Waals surface area contributed by atoms with Crippen molar-refractivity contribution in [2.24, 2.45) is 0 Å². The molecule has 19 heavy (non-hydrogen) atoms. The van der Waals surface area contributed by atoms with Crippen LogP contribution in [-0.4, -0.2) is 15.9 Å². The first-order chi connectivity index (χ1) is 9.02. The molecule has 100 valence electrons. The van der Waals surface area contributed by atoms with Crippen molar-refractivity contribution in [3.05, 3.63) is 34.1 Å². The highest BCUT2D eigenvalue weighted by molar-refractivity contribution is 9.10. The number of nitrogens with zero attached hydrogens (tertiary/aromatic N) is 2. The molecule has 2 aromatic rings. The van der Waals surface area contributed by atoms with E-state index in [9.17, 15) is 4.79 Å². The Kier molecular flexibility index (Phi) is 4.14. The van der Waals surface area contributed by atoms with E-state index < -0.39 is 0 Å². The number of carbonyl (C=O) groups excluding carboxylic acids is 1. The highest BCUT2D eigenvalue weighted by Gasteiger charge is 2.22. The van der Waals surface area contributed by atoms with E-state index in [0.29, 0.717) is 18.1 Å². The molecule has 0 bridgehead atoms. The molecule has 1 heterocycles. The van der Waals surface area contributed by atoms with E-state index in [1.807, 2.05) is 32.0 Å². The molecular formula is C14H15BrN2O2. The summed E-state index contributed by atoms with van der Waals surface area (Å²) in [5.41, 5.74) is 2.01. The largest absolute Gasteiger partial charge is 0.338 e. The second-order valence-corrected chi connectivity index (χ2v) is 5.37. The number of ketones is 1. The van der Waals surface area contributed by atoms with Crippen LogP contribution < -0.4 is 0 Å². The number of carbonyl (C=O) groups is 1. The normalized spacial score (nSPS) is 12.4. The summed E-state index contributed by atoms with van der Waals surface area (Å²) in [5.74, 6) is 0.616. The fraction of sp³-hybridized carbons (Fsp3) is 0.357. The number of Topliss-reactive ketones (excluding diaryl/α,β-unsaturated/α-hetero) is 1. The van der Waals surface area contributed by atoms with Crippen LogP contribution in [0.1, 0.15) is 37.6 Å². The summed E-state index contributed by atoms with van der Waals surface area (Å²) in [5, 5.41) is 3.96. The molecule has 0 amide bonds. The summed E-state index contributed by atoms with van der Waals surface area (Å²) >= 11 is 3.49. The molecule has 0 aliphatic heterocycles. The molecule has 1 atom stereocenters. The van der Waals surface area contributed by atoms with Gasteiger partial charge in [0.1, 0.15) is 5.78 Å². The lowest BCUT2D eigenvalue weighted by atomic mass is 10.0. The number of rotatable bonds is 4. The zero-order valence-corrected chi connectivity index (χ0v) is 12.7. The van der Waals surface area contributed by atoms with E-state index in [1.54, 1.807) is 6.92 Å². The molecule has 5 heteroatoms. The number of aryl methyl sites for hydroxylation is 1. The van der Waals surface area contributed by atoms with Gasteiger partial charge in [0.15, 0.2) is 0 Å². The lowest BCUT2D eigenvalue weighted by molar-refractivity contribution is -0.119. The Morgan fingerprint density at radius 2 is 2.21 bits per heavy atom. The minimum absolute atomic E-state index is 0.0423. The van der Waals surface area contributed by atoms with Crippen molar-refractivity contribution in [2.45, 2.75) is 33.1 Å². The number of hydrogen-bond acceptors (Lipinski definition) is 4. The molecule has 0 aliphatic rings. The van der Waals surface area contributed by atoms with Crippen molar-refractivity contribution in [1.82, 2.24) is 10.1 Å². The van der Waals surface area contributed by atoms with Crippen LogP contribution in [0.15, 0.2) is 27.2 Å². The third kappa shape index (κ3) is 2.92. The zero-order chi connectivity index (χ0) is 14.0. The van der Waals surface area contributed by atoms with Gasteiger partial charge in [0.25, 0.3) is 0 Å². The second kappa shape index (κ2) is 5.65. The van der Waals surface area contributed by atoms with Crippen molar-refractivity contribution in [2.75, 3.05) is 0 Å². The van der Waals surface area contributed by atoms with E-state index in [1.165, 1.54) is 0 Å². The van der Waals surface area contributed by atoms with Crippen molar-refractivity contribution >= 4 is 21.7 Å². The van der Waals surface area contributed by atoms with Gasteiger partial charge >= 0.3 is 0 Å². The Morgan fingerprint density at radius 3 is 2.79 bits per heavy atom. The summed E-state index contributed by atoms with van der Waals surface area (Å²) in [6.45, 7) is 5.48. The van der Waals surface area contributed by atoms with Crippen molar-refractivity contribution in [1.29, 1.82) is 0 Å². The number of hydrogen-bond donors (Lipinski definition) is 0. The smallest absolute Gasteiger partial charge is 0.237 e. The molecule has 1 aromatic carbocycles. The van der Waals surface area contributed by atoms with Crippen LogP contribution >= 0.6 is 15.9 Å². The van der Waals surface area contributed by atoms with Gasteiger partial charge in [0, 0.05) is 10.0 Å². The van der Waals surface area contributed by atoms with Gasteiger partial charge < -0.3 is 4.52 Å². The standard InChI is InChI=1S/C14H15BrN2O2/c1-4-10(9(3)18)14-16-13(17-19-14)11-6-5-8(2)7-12(11)15/h5-7,10H,4H2,1-3H3. The molecule has 0 radical (unpaired) electrons. The summed E-state index contributed by atoms with van der Waals surface area (Å²) in [6.07, 6.45) is 0.659. The van der Waals surface area contributed by atoms with Crippen molar-refractivity contribution in [3.63, 3.8) is 0 Å². The van der Waals surface area contributed by atoms with Crippen LogP contribution in [0.2, 0.25) is 0 Å². The molecule has 0 saturated heterocycles. The van der Waals surface area contributed by atoms with Crippen molar-refractivity contribution < 1.29 is 9.32 Å². The van der Waals surface area contributed by atoms with Crippen LogP contribution in [0.5, 0.6) is 0 Å². The van der Waals surface area contributed by atoms with Gasteiger partial charge in [-0.05, 0) is 38.0 Å². The Hall–Kier alpha value is -1.49. The summed E-state index contributed by atoms with van der Waals surface area (Å²) in [7, 11) is 0. The molecule has 0 aliphatic carbocycles. The van der Waals surface area contributed by atoms with E-state index in [-0.39, 0.29) is 11.7 Å². The van der Waals surface area contributed by atoms with E-state index >= 15 is 0 Å². The van der Waals surface area contributed by atoms with Gasteiger partial charge in [0.2, 0.25) is 11.7 Å². The lowest BCUT2D eigenvalue weighted by Crippen LogP contribution is -2.07. The Balaban J connectivity index is 2.38. The maximum atomic E-state index is 11.5. The number of aromatic nitrogens is 2. The van der Waals surface area contributed by atoms with Gasteiger partial charge in [0.05, 0.1) is 5.92 Å². The number of halogens is 1. The molecule has 0 spiro atoms. The maximum absolute atomic E-state index is 11.5. The third-order valence-corrected chi connectivity index (χ3v) is 3.66. The monoisotopic (exact) mass is 322 g/mol.